The number of aromatic amines is 1. The third kappa shape index (κ3) is 3.20. The van der Waals surface area contributed by atoms with Crippen LogP contribution in [0, 0.1) is 0 Å². The van der Waals surface area contributed by atoms with E-state index in [4.69, 9.17) is 10.3 Å². The molecule has 0 bridgehead atoms. The summed E-state index contributed by atoms with van der Waals surface area (Å²) in [7, 11) is 1.60. The number of rotatable bonds is 5. The smallest absolute Gasteiger partial charge is 0.258 e. The van der Waals surface area contributed by atoms with Crippen molar-refractivity contribution in [2.75, 3.05) is 13.6 Å². The highest BCUT2D eigenvalue weighted by Gasteiger charge is 2.13. The lowest BCUT2D eigenvalue weighted by Crippen LogP contribution is -2.17. The molecule has 4 N–H and O–H groups in total. The van der Waals surface area contributed by atoms with Crippen molar-refractivity contribution < 1.29 is 9.32 Å². The molecule has 0 fully saturated rings. The summed E-state index contributed by atoms with van der Waals surface area (Å²) >= 11 is 0. The third-order valence-corrected chi connectivity index (χ3v) is 4.49. The fourth-order valence-corrected chi connectivity index (χ4v) is 3.05. The molecule has 2 heterocycles. The first-order valence-corrected chi connectivity index (χ1v) is 8.66. The number of amides is 1. The van der Waals surface area contributed by atoms with Crippen molar-refractivity contribution >= 4 is 16.8 Å². The maximum absolute atomic E-state index is 11.6. The van der Waals surface area contributed by atoms with E-state index in [1.165, 1.54) is 5.56 Å². The van der Waals surface area contributed by atoms with E-state index in [9.17, 15) is 4.79 Å². The predicted molar refractivity (Wildman–Crippen MR) is 103 cm³/mol. The van der Waals surface area contributed by atoms with Gasteiger partial charge in [0.1, 0.15) is 0 Å². The summed E-state index contributed by atoms with van der Waals surface area (Å²) < 4.78 is 5.45. The number of carbonyl (C=O) groups excluding carboxylic acids is 1. The number of aromatic nitrogens is 3. The van der Waals surface area contributed by atoms with E-state index in [0.717, 1.165) is 28.5 Å². The Morgan fingerprint density at radius 2 is 1.96 bits per heavy atom. The molecular formula is C20H19N5O2. The highest BCUT2D eigenvalue weighted by Crippen LogP contribution is 2.27. The molecule has 7 nitrogen and oxygen atoms in total. The Labute approximate surface area is 155 Å². The van der Waals surface area contributed by atoms with E-state index in [0.29, 0.717) is 23.8 Å². The molecule has 136 valence electrons. The van der Waals surface area contributed by atoms with Gasteiger partial charge < -0.3 is 20.6 Å². The van der Waals surface area contributed by atoms with Crippen molar-refractivity contribution in [3.63, 3.8) is 0 Å². The fraction of sp³-hybridized carbons (Fsp3) is 0.150. The Bertz CT molecular complexity index is 1100. The zero-order chi connectivity index (χ0) is 18.8. The predicted octanol–water partition coefficient (Wildman–Crippen LogP) is 2.75. The SMILES string of the molecule is CNC(=O)c1ccc(-c2noc(-c3ccc4[nH]cc(CCN)c4c3)n2)cc1. The zero-order valence-electron chi connectivity index (χ0n) is 14.8. The molecule has 2 aromatic heterocycles. The number of H-pyrrole nitrogens is 1. The molecule has 4 rings (SSSR count). The van der Waals surface area contributed by atoms with Gasteiger partial charge in [0.2, 0.25) is 5.82 Å². The van der Waals surface area contributed by atoms with Gasteiger partial charge in [-0.3, -0.25) is 4.79 Å². The van der Waals surface area contributed by atoms with E-state index in [-0.39, 0.29) is 5.91 Å². The Hall–Kier alpha value is -3.45. The summed E-state index contributed by atoms with van der Waals surface area (Å²) in [6, 6.07) is 13.0. The number of benzene rings is 2. The van der Waals surface area contributed by atoms with Crippen LogP contribution in [-0.2, 0) is 6.42 Å². The van der Waals surface area contributed by atoms with Crippen LogP contribution >= 0.6 is 0 Å². The van der Waals surface area contributed by atoms with E-state index in [2.05, 4.69) is 20.4 Å². The largest absolute Gasteiger partial charge is 0.361 e. The zero-order valence-corrected chi connectivity index (χ0v) is 14.8. The van der Waals surface area contributed by atoms with Crippen molar-refractivity contribution in [3.05, 3.63) is 59.8 Å². The van der Waals surface area contributed by atoms with Crippen molar-refractivity contribution in [1.82, 2.24) is 20.4 Å². The number of hydrogen-bond donors (Lipinski definition) is 3. The summed E-state index contributed by atoms with van der Waals surface area (Å²) in [4.78, 5) is 19.4. The van der Waals surface area contributed by atoms with Gasteiger partial charge in [-0.2, -0.15) is 4.98 Å². The topological polar surface area (TPSA) is 110 Å². The molecule has 0 saturated heterocycles. The maximum atomic E-state index is 11.6. The molecule has 0 spiro atoms. The van der Waals surface area contributed by atoms with Gasteiger partial charge in [-0.05, 0) is 48.9 Å². The quantitative estimate of drug-likeness (QED) is 0.506. The second-order valence-electron chi connectivity index (χ2n) is 6.19. The number of nitrogens with two attached hydrogens (primary N) is 1. The summed E-state index contributed by atoms with van der Waals surface area (Å²) in [5.41, 5.74) is 10.1. The maximum Gasteiger partial charge on any atom is 0.258 e. The van der Waals surface area contributed by atoms with Crippen molar-refractivity contribution in [2.45, 2.75) is 6.42 Å². The van der Waals surface area contributed by atoms with Crippen LogP contribution in [0.5, 0.6) is 0 Å². The number of nitrogens with zero attached hydrogens (tertiary/aromatic N) is 2. The average Bonchev–Trinajstić information content (AvgIpc) is 3.35. The molecule has 0 radical (unpaired) electrons. The van der Waals surface area contributed by atoms with Gasteiger partial charge in [-0.1, -0.05) is 17.3 Å². The minimum absolute atomic E-state index is 0.136. The molecule has 2 aromatic carbocycles. The first kappa shape index (κ1) is 17.0. The fourth-order valence-electron chi connectivity index (χ4n) is 3.05. The molecule has 27 heavy (non-hydrogen) atoms. The number of fused-ring (bicyclic) bond motifs is 1. The third-order valence-electron chi connectivity index (χ3n) is 4.49. The summed E-state index contributed by atoms with van der Waals surface area (Å²) in [5.74, 6) is 0.787. The highest BCUT2D eigenvalue weighted by atomic mass is 16.5. The Morgan fingerprint density at radius 1 is 1.19 bits per heavy atom. The standard InChI is InChI=1S/C20H19N5O2/c1-22-19(26)13-4-2-12(3-5-13)18-24-20(27-25-18)14-6-7-17-16(10-14)15(8-9-21)11-23-17/h2-7,10-11,23H,8-9,21H2,1H3,(H,22,26). The van der Waals surface area contributed by atoms with Crippen molar-refractivity contribution in [3.8, 4) is 22.8 Å². The van der Waals surface area contributed by atoms with E-state index >= 15 is 0 Å². The number of carbonyl (C=O) groups is 1. The van der Waals surface area contributed by atoms with Gasteiger partial charge in [0.05, 0.1) is 0 Å². The van der Waals surface area contributed by atoms with Crippen LogP contribution in [0.2, 0.25) is 0 Å². The van der Waals surface area contributed by atoms with Gasteiger partial charge in [0, 0.05) is 40.8 Å². The molecule has 0 aliphatic rings. The number of nitrogens with one attached hydrogen (secondary N) is 2. The van der Waals surface area contributed by atoms with Crippen LogP contribution in [0.15, 0.2) is 53.2 Å². The molecular weight excluding hydrogens is 342 g/mol. The molecule has 0 aliphatic heterocycles. The van der Waals surface area contributed by atoms with E-state index < -0.39 is 0 Å². The minimum atomic E-state index is -0.136. The van der Waals surface area contributed by atoms with Gasteiger partial charge in [-0.15, -0.1) is 0 Å². The Kier molecular flexibility index (Phi) is 4.43. The normalized spacial score (nSPS) is 11.0. The Balaban J connectivity index is 1.65. The summed E-state index contributed by atoms with van der Waals surface area (Å²) in [6.07, 6.45) is 2.78. The highest BCUT2D eigenvalue weighted by molar-refractivity contribution is 5.94. The lowest BCUT2D eigenvalue weighted by Gasteiger charge is -2.00. The first-order valence-electron chi connectivity index (χ1n) is 8.66. The van der Waals surface area contributed by atoms with E-state index in [1.54, 1.807) is 31.3 Å². The number of hydrogen-bond acceptors (Lipinski definition) is 5. The van der Waals surface area contributed by atoms with Gasteiger partial charge in [0.15, 0.2) is 0 Å². The van der Waals surface area contributed by atoms with Crippen LogP contribution in [0.1, 0.15) is 15.9 Å². The Morgan fingerprint density at radius 3 is 2.70 bits per heavy atom. The molecule has 0 atom stereocenters. The first-order chi connectivity index (χ1) is 13.2. The summed E-state index contributed by atoms with van der Waals surface area (Å²) in [6.45, 7) is 0.591. The van der Waals surface area contributed by atoms with Gasteiger partial charge in [0.25, 0.3) is 11.8 Å². The average molecular weight is 361 g/mol. The molecule has 7 heteroatoms. The summed E-state index contributed by atoms with van der Waals surface area (Å²) in [5, 5.41) is 7.77. The van der Waals surface area contributed by atoms with Gasteiger partial charge >= 0.3 is 0 Å². The van der Waals surface area contributed by atoms with Crippen molar-refractivity contribution in [1.29, 1.82) is 0 Å². The minimum Gasteiger partial charge on any atom is -0.361 e. The van der Waals surface area contributed by atoms with Crippen LogP contribution in [0.4, 0.5) is 0 Å². The molecule has 0 unspecified atom stereocenters. The lowest BCUT2D eigenvalue weighted by atomic mass is 10.1. The molecule has 0 saturated carbocycles. The van der Waals surface area contributed by atoms with Crippen LogP contribution in [0.25, 0.3) is 33.7 Å². The molecule has 4 aromatic rings. The second kappa shape index (κ2) is 7.05. The van der Waals surface area contributed by atoms with Crippen molar-refractivity contribution in [2.24, 2.45) is 5.73 Å². The van der Waals surface area contributed by atoms with E-state index in [1.807, 2.05) is 24.4 Å². The molecule has 1 amide bonds. The monoisotopic (exact) mass is 361 g/mol. The lowest BCUT2D eigenvalue weighted by molar-refractivity contribution is 0.0963. The van der Waals surface area contributed by atoms with Crippen LogP contribution in [-0.4, -0.2) is 34.6 Å². The van der Waals surface area contributed by atoms with Gasteiger partial charge in [-0.25, -0.2) is 0 Å². The second-order valence-corrected chi connectivity index (χ2v) is 6.19. The van der Waals surface area contributed by atoms with Crippen LogP contribution < -0.4 is 11.1 Å². The molecule has 0 aliphatic carbocycles. The van der Waals surface area contributed by atoms with Crippen LogP contribution in [0.3, 0.4) is 0 Å².